The molecule has 2 aromatic carbocycles. The summed E-state index contributed by atoms with van der Waals surface area (Å²) in [6.07, 6.45) is 0.616. The van der Waals surface area contributed by atoms with Crippen molar-refractivity contribution in [3.8, 4) is 0 Å². The average Bonchev–Trinajstić information content (AvgIpc) is 2.40. The average molecular weight is 382 g/mol. The van der Waals surface area contributed by atoms with Gasteiger partial charge in [0.25, 0.3) is 0 Å². The van der Waals surface area contributed by atoms with E-state index in [1.807, 2.05) is 45.0 Å². The van der Waals surface area contributed by atoms with Crippen LogP contribution in [0.1, 0.15) is 25.0 Å². The SMILES string of the molecule is Cc1ccc(S(=O)(=O)NC(C)(C)Cc2ccc(Br)cc2)cc1. The van der Waals surface area contributed by atoms with Crippen LogP contribution in [0.4, 0.5) is 0 Å². The summed E-state index contributed by atoms with van der Waals surface area (Å²) in [5, 5.41) is 0. The van der Waals surface area contributed by atoms with Gasteiger partial charge in [-0.2, -0.15) is 0 Å². The van der Waals surface area contributed by atoms with Gasteiger partial charge in [-0.15, -0.1) is 0 Å². The second-order valence-electron chi connectivity index (χ2n) is 6.11. The molecule has 0 bridgehead atoms. The second kappa shape index (κ2) is 6.52. The normalized spacial score (nSPS) is 12.4. The minimum atomic E-state index is -3.52. The highest BCUT2D eigenvalue weighted by Gasteiger charge is 2.26. The molecule has 0 amide bonds. The van der Waals surface area contributed by atoms with Gasteiger partial charge in [-0.25, -0.2) is 13.1 Å². The molecule has 3 nitrogen and oxygen atoms in total. The lowest BCUT2D eigenvalue weighted by molar-refractivity contribution is 0.450. The number of aryl methyl sites for hydroxylation is 1. The van der Waals surface area contributed by atoms with Crippen LogP contribution in [0.5, 0.6) is 0 Å². The lowest BCUT2D eigenvalue weighted by Crippen LogP contribution is -2.44. The van der Waals surface area contributed by atoms with Crippen LogP contribution in [-0.2, 0) is 16.4 Å². The topological polar surface area (TPSA) is 46.2 Å². The first kappa shape index (κ1) is 17.2. The first-order valence-corrected chi connectivity index (χ1v) is 9.31. The molecule has 22 heavy (non-hydrogen) atoms. The molecule has 0 aliphatic heterocycles. The number of hydrogen-bond acceptors (Lipinski definition) is 2. The van der Waals surface area contributed by atoms with Crippen LogP contribution >= 0.6 is 15.9 Å². The second-order valence-corrected chi connectivity index (χ2v) is 8.70. The van der Waals surface area contributed by atoms with Crippen molar-refractivity contribution < 1.29 is 8.42 Å². The van der Waals surface area contributed by atoms with Gasteiger partial charge in [0.2, 0.25) is 10.0 Å². The number of rotatable bonds is 5. The molecular formula is C17H20BrNO2S. The molecule has 1 N–H and O–H groups in total. The summed E-state index contributed by atoms with van der Waals surface area (Å²) in [7, 11) is -3.52. The number of sulfonamides is 1. The van der Waals surface area contributed by atoms with E-state index in [2.05, 4.69) is 20.7 Å². The molecule has 0 aromatic heterocycles. The summed E-state index contributed by atoms with van der Waals surface area (Å²) >= 11 is 3.40. The Kier molecular flexibility index (Phi) is 5.10. The van der Waals surface area contributed by atoms with Crippen molar-refractivity contribution in [3.05, 3.63) is 64.1 Å². The third-order valence-corrected chi connectivity index (χ3v) is 5.54. The quantitative estimate of drug-likeness (QED) is 0.848. The molecule has 0 radical (unpaired) electrons. The Bertz CT molecular complexity index is 735. The van der Waals surface area contributed by atoms with Crippen molar-refractivity contribution in [3.63, 3.8) is 0 Å². The summed E-state index contributed by atoms with van der Waals surface area (Å²) in [6, 6.07) is 14.8. The predicted molar refractivity (Wildman–Crippen MR) is 93.4 cm³/mol. The smallest absolute Gasteiger partial charge is 0.207 e. The molecule has 118 valence electrons. The van der Waals surface area contributed by atoms with E-state index in [9.17, 15) is 8.42 Å². The summed E-state index contributed by atoms with van der Waals surface area (Å²) in [5.41, 5.74) is 1.55. The molecule has 0 saturated carbocycles. The molecule has 0 atom stereocenters. The zero-order valence-corrected chi connectivity index (χ0v) is 15.3. The molecular weight excluding hydrogens is 362 g/mol. The number of nitrogens with one attached hydrogen (secondary N) is 1. The summed E-state index contributed by atoms with van der Waals surface area (Å²) in [5.74, 6) is 0. The van der Waals surface area contributed by atoms with E-state index in [1.54, 1.807) is 24.3 Å². The third kappa shape index (κ3) is 4.66. The highest BCUT2D eigenvalue weighted by molar-refractivity contribution is 9.10. The molecule has 0 saturated heterocycles. The van der Waals surface area contributed by atoms with Crippen LogP contribution in [0.2, 0.25) is 0 Å². The Hall–Kier alpha value is -1.17. The van der Waals surface area contributed by atoms with Crippen LogP contribution in [-0.4, -0.2) is 14.0 Å². The van der Waals surface area contributed by atoms with Gasteiger partial charge in [-0.3, -0.25) is 0 Å². The molecule has 0 spiro atoms. The van der Waals surface area contributed by atoms with E-state index in [0.717, 1.165) is 15.6 Å². The van der Waals surface area contributed by atoms with E-state index in [1.165, 1.54) is 0 Å². The van der Waals surface area contributed by atoms with Crippen LogP contribution in [0, 0.1) is 6.92 Å². The molecule has 2 aromatic rings. The van der Waals surface area contributed by atoms with Gasteiger partial charge in [0.1, 0.15) is 0 Å². The van der Waals surface area contributed by atoms with Crippen molar-refractivity contribution in [2.45, 2.75) is 37.6 Å². The molecule has 0 fully saturated rings. The van der Waals surface area contributed by atoms with E-state index in [-0.39, 0.29) is 0 Å². The first-order valence-electron chi connectivity index (χ1n) is 7.03. The first-order chi connectivity index (χ1) is 10.2. The zero-order chi connectivity index (χ0) is 16.4. The number of hydrogen-bond donors (Lipinski definition) is 1. The van der Waals surface area contributed by atoms with Gasteiger partial charge >= 0.3 is 0 Å². The Labute approximate surface area is 140 Å². The predicted octanol–water partition coefficient (Wildman–Crippen LogP) is 4.06. The Morgan fingerprint density at radius 3 is 2.09 bits per heavy atom. The van der Waals surface area contributed by atoms with Gasteiger partial charge in [-0.05, 0) is 57.0 Å². The lowest BCUT2D eigenvalue weighted by atomic mass is 9.96. The maximum atomic E-state index is 12.5. The van der Waals surface area contributed by atoms with Crippen molar-refractivity contribution in [2.75, 3.05) is 0 Å². The number of halogens is 1. The molecule has 2 rings (SSSR count). The summed E-state index contributed by atoms with van der Waals surface area (Å²) in [4.78, 5) is 0.294. The Morgan fingerprint density at radius 2 is 1.55 bits per heavy atom. The standard InChI is InChI=1S/C17H20BrNO2S/c1-13-4-10-16(11-5-13)22(20,21)19-17(2,3)12-14-6-8-15(18)9-7-14/h4-11,19H,12H2,1-3H3. The van der Waals surface area contributed by atoms with Gasteiger partial charge in [0, 0.05) is 10.0 Å². The largest absolute Gasteiger partial charge is 0.241 e. The summed E-state index contributed by atoms with van der Waals surface area (Å²) < 4.78 is 28.8. The van der Waals surface area contributed by atoms with Gasteiger partial charge in [0.05, 0.1) is 4.90 Å². The molecule has 0 unspecified atom stereocenters. The molecule has 0 aliphatic carbocycles. The van der Waals surface area contributed by atoms with Crippen molar-refractivity contribution in [1.29, 1.82) is 0 Å². The highest BCUT2D eigenvalue weighted by Crippen LogP contribution is 2.19. The molecule has 5 heteroatoms. The maximum absolute atomic E-state index is 12.5. The maximum Gasteiger partial charge on any atom is 0.241 e. The molecule has 0 aliphatic rings. The zero-order valence-electron chi connectivity index (χ0n) is 12.9. The third-order valence-electron chi connectivity index (χ3n) is 3.30. The van der Waals surface area contributed by atoms with Crippen molar-refractivity contribution in [1.82, 2.24) is 4.72 Å². The Balaban J connectivity index is 2.16. The van der Waals surface area contributed by atoms with E-state index in [4.69, 9.17) is 0 Å². The minimum Gasteiger partial charge on any atom is -0.207 e. The lowest BCUT2D eigenvalue weighted by Gasteiger charge is -2.26. The van der Waals surface area contributed by atoms with Crippen LogP contribution in [0.3, 0.4) is 0 Å². The number of benzene rings is 2. The van der Waals surface area contributed by atoms with Gasteiger partial charge in [0.15, 0.2) is 0 Å². The molecule has 0 heterocycles. The monoisotopic (exact) mass is 381 g/mol. The van der Waals surface area contributed by atoms with E-state index < -0.39 is 15.6 Å². The fraction of sp³-hybridized carbons (Fsp3) is 0.294. The highest BCUT2D eigenvalue weighted by atomic mass is 79.9. The van der Waals surface area contributed by atoms with Crippen LogP contribution < -0.4 is 4.72 Å². The Morgan fingerprint density at radius 1 is 1.00 bits per heavy atom. The fourth-order valence-electron chi connectivity index (χ4n) is 2.29. The van der Waals surface area contributed by atoms with E-state index >= 15 is 0 Å². The van der Waals surface area contributed by atoms with Gasteiger partial charge in [-0.1, -0.05) is 45.8 Å². The van der Waals surface area contributed by atoms with Crippen LogP contribution in [0.15, 0.2) is 57.9 Å². The van der Waals surface area contributed by atoms with Crippen molar-refractivity contribution in [2.24, 2.45) is 0 Å². The van der Waals surface area contributed by atoms with Crippen LogP contribution in [0.25, 0.3) is 0 Å². The van der Waals surface area contributed by atoms with E-state index in [0.29, 0.717) is 11.3 Å². The van der Waals surface area contributed by atoms with Gasteiger partial charge < -0.3 is 0 Å². The summed E-state index contributed by atoms with van der Waals surface area (Å²) in [6.45, 7) is 5.71. The van der Waals surface area contributed by atoms with Crippen molar-refractivity contribution >= 4 is 26.0 Å². The minimum absolute atomic E-state index is 0.294. The fourth-order valence-corrected chi connectivity index (χ4v) is 3.96.